The predicted molar refractivity (Wildman–Crippen MR) is 138 cm³/mol. The zero-order valence-corrected chi connectivity index (χ0v) is 21.8. The highest BCUT2D eigenvalue weighted by atomic mass is 35.5. The van der Waals surface area contributed by atoms with Crippen molar-refractivity contribution in [3.05, 3.63) is 75.9 Å². The number of methoxy groups -OCH3 is 3. The lowest BCUT2D eigenvalue weighted by molar-refractivity contribution is -0.117. The van der Waals surface area contributed by atoms with Gasteiger partial charge in [-0.2, -0.15) is 0 Å². The molecule has 190 valence electrons. The quantitative estimate of drug-likeness (QED) is 0.299. The number of aliphatic hydroxyl groups is 1. The van der Waals surface area contributed by atoms with Crippen LogP contribution in [-0.4, -0.2) is 43.1 Å². The number of amides is 1. The van der Waals surface area contributed by atoms with Crippen LogP contribution in [0.2, 0.25) is 5.02 Å². The summed E-state index contributed by atoms with van der Waals surface area (Å²) in [7, 11) is 4.39. The third-order valence-corrected chi connectivity index (χ3v) is 7.22. The molecule has 11 heteroatoms. The number of halogens is 1. The fourth-order valence-corrected chi connectivity index (χ4v) is 5.56. The molecule has 1 unspecified atom stereocenters. The normalized spacial score (nSPS) is 15.5. The van der Waals surface area contributed by atoms with Crippen molar-refractivity contribution in [1.82, 2.24) is 4.98 Å². The maximum atomic E-state index is 13.6. The van der Waals surface area contributed by atoms with Crippen LogP contribution in [-0.2, 0) is 4.79 Å². The van der Waals surface area contributed by atoms with Crippen LogP contribution in [0.3, 0.4) is 0 Å². The van der Waals surface area contributed by atoms with Gasteiger partial charge in [0.2, 0.25) is 11.5 Å². The number of hydrogen-bond donors (Lipinski definition) is 1. The van der Waals surface area contributed by atoms with E-state index in [1.54, 1.807) is 43.3 Å². The van der Waals surface area contributed by atoms with E-state index in [2.05, 4.69) is 4.98 Å². The molecule has 2 aromatic heterocycles. The van der Waals surface area contributed by atoms with Crippen molar-refractivity contribution in [3.8, 4) is 17.2 Å². The number of furan rings is 1. The number of carbonyl (C=O) groups is 2. The molecular weight excluding hydrogens is 520 g/mol. The Morgan fingerprint density at radius 3 is 2.38 bits per heavy atom. The number of Topliss-reactive ketones (excluding diaryl/α,β-unsaturated/α-hetero) is 1. The van der Waals surface area contributed by atoms with E-state index in [0.717, 1.165) is 4.70 Å². The minimum absolute atomic E-state index is 0.0118. The number of nitrogens with zero attached hydrogens (tertiary/aromatic N) is 2. The zero-order chi connectivity index (χ0) is 26.4. The van der Waals surface area contributed by atoms with Gasteiger partial charge in [0.25, 0.3) is 5.91 Å². The molecule has 0 bridgehead atoms. The molecule has 1 aliphatic heterocycles. The van der Waals surface area contributed by atoms with Gasteiger partial charge < -0.3 is 23.7 Å². The highest BCUT2D eigenvalue weighted by Gasteiger charge is 2.47. The number of aryl methyl sites for hydroxylation is 1. The first-order valence-corrected chi connectivity index (χ1v) is 12.2. The topological polar surface area (TPSA) is 111 Å². The van der Waals surface area contributed by atoms with Crippen molar-refractivity contribution in [2.45, 2.75) is 13.0 Å². The van der Waals surface area contributed by atoms with Crippen LogP contribution < -0.4 is 19.1 Å². The second-order valence-corrected chi connectivity index (χ2v) is 9.59. The largest absolute Gasteiger partial charge is 0.503 e. The van der Waals surface area contributed by atoms with E-state index >= 15 is 0 Å². The van der Waals surface area contributed by atoms with E-state index in [1.807, 2.05) is 0 Å². The number of aromatic nitrogens is 1. The van der Waals surface area contributed by atoms with Crippen molar-refractivity contribution < 1.29 is 33.3 Å². The maximum absolute atomic E-state index is 13.6. The number of rotatable bonds is 7. The second-order valence-electron chi connectivity index (χ2n) is 8.15. The van der Waals surface area contributed by atoms with Gasteiger partial charge in [-0.3, -0.25) is 14.5 Å². The standard InChI is InChI=1S/C26H21ClN2O7S/c1-12-5-8-16(36-12)22(30)20-21(13-9-17(33-2)24(35-4)18(10-13)34-3)29(25(32)23(20)31)26-28-15-7-6-14(27)11-19(15)37-26/h5-11,21,31H,1-4H3. The summed E-state index contributed by atoms with van der Waals surface area (Å²) in [6, 6.07) is 10.5. The minimum atomic E-state index is -1.07. The van der Waals surface area contributed by atoms with Crippen LogP contribution in [0.4, 0.5) is 5.13 Å². The first kappa shape index (κ1) is 24.7. The number of hydrogen-bond acceptors (Lipinski definition) is 9. The first-order chi connectivity index (χ1) is 17.8. The Labute approximate surface area is 220 Å². The van der Waals surface area contributed by atoms with E-state index in [1.165, 1.54) is 43.6 Å². The lowest BCUT2D eigenvalue weighted by atomic mass is 9.94. The van der Waals surface area contributed by atoms with Gasteiger partial charge in [-0.25, -0.2) is 4.98 Å². The fourth-order valence-electron chi connectivity index (χ4n) is 4.29. The Kier molecular flexibility index (Phi) is 6.30. The van der Waals surface area contributed by atoms with Crippen molar-refractivity contribution in [2.75, 3.05) is 26.2 Å². The fraction of sp³-hybridized carbons (Fsp3) is 0.192. The number of ether oxygens (including phenoxy) is 3. The Bertz CT molecular complexity index is 1560. The summed E-state index contributed by atoms with van der Waals surface area (Å²) in [5, 5.41) is 11.8. The summed E-state index contributed by atoms with van der Waals surface area (Å²) in [5.41, 5.74) is 0.878. The highest BCUT2D eigenvalue weighted by Crippen LogP contribution is 2.48. The summed E-state index contributed by atoms with van der Waals surface area (Å²) in [5.74, 6) is -0.657. The van der Waals surface area contributed by atoms with Gasteiger partial charge in [-0.15, -0.1) is 0 Å². The molecule has 4 aromatic rings. The van der Waals surface area contributed by atoms with E-state index in [-0.39, 0.29) is 16.5 Å². The molecule has 2 aromatic carbocycles. The molecule has 0 radical (unpaired) electrons. The van der Waals surface area contributed by atoms with Gasteiger partial charge in [0.05, 0.1) is 43.2 Å². The third-order valence-electron chi connectivity index (χ3n) is 5.96. The molecule has 5 rings (SSSR count). The summed E-state index contributed by atoms with van der Waals surface area (Å²) in [6.07, 6.45) is 0. The molecule has 3 heterocycles. The molecule has 1 atom stereocenters. The van der Waals surface area contributed by atoms with Crippen LogP contribution in [0.15, 0.2) is 58.2 Å². The van der Waals surface area contributed by atoms with Crippen LogP contribution in [0, 0.1) is 6.92 Å². The Morgan fingerprint density at radius 2 is 1.78 bits per heavy atom. The number of anilines is 1. The Morgan fingerprint density at radius 1 is 1.08 bits per heavy atom. The summed E-state index contributed by atoms with van der Waals surface area (Å²) in [6.45, 7) is 1.69. The van der Waals surface area contributed by atoms with E-state index in [0.29, 0.717) is 39.1 Å². The lowest BCUT2D eigenvalue weighted by Gasteiger charge is -2.25. The average molecular weight is 541 g/mol. The zero-order valence-electron chi connectivity index (χ0n) is 20.2. The Balaban J connectivity index is 1.74. The summed E-state index contributed by atoms with van der Waals surface area (Å²) < 4.78 is 22.7. The van der Waals surface area contributed by atoms with Crippen LogP contribution in [0.5, 0.6) is 17.2 Å². The number of aliphatic hydroxyl groups excluding tert-OH is 1. The maximum Gasteiger partial charge on any atom is 0.296 e. The molecule has 0 spiro atoms. The monoisotopic (exact) mass is 540 g/mol. The van der Waals surface area contributed by atoms with Gasteiger partial charge >= 0.3 is 0 Å². The third kappa shape index (κ3) is 4.08. The van der Waals surface area contributed by atoms with Crippen LogP contribution >= 0.6 is 22.9 Å². The molecule has 9 nitrogen and oxygen atoms in total. The summed E-state index contributed by atoms with van der Waals surface area (Å²) >= 11 is 7.35. The smallest absolute Gasteiger partial charge is 0.296 e. The van der Waals surface area contributed by atoms with Gasteiger partial charge in [0, 0.05) is 5.02 Å². The van der Waals surface area contributed by atoms with E-state index < -0.39 is 23.5 Å². The average Bonchev–Trinajstić information content (AvgIpc) is 3.58. The van der Waals surface area contributed by atoms with Gasteiger partial charge in [-0.05, 0) is 55.0 Å². The van der Waals surface area contributed by atoms with Crippen LogP contribution in [0.1, 0.15) is 27.9 Å². The molecule has 0 saturated heterocycles. The molecule has 0 fully saturated rings. The first-order valence-electron chi connectivity index (χ1n) is 11.0. The number of thiazole rings is 1. The van der Waals surface area contributed by atoms with Crippen molar-refractivity contribution in [1.29, 1.82) is 0 Å². The molecule has 1 N–H and O–H groups in total. The molecular formula is C26H21ClN2O7S. The van der Waals surface area contributed by atoms with Crippen molar-refractivity contribution >= 4 is 50.0 Å². The number of ketones is 1. The van der Waals surface area contributed by atoms with Crippen LogP contribution in [0.25, 0.3) is 10.2 Å². The molecule has 37 heavy (non-hydrogen) atoms. The highest BCUT2D eigenvalue weighted by molar-refractivity contribution is 7.22. The molecule has 0 aliphatic carbocycles. The molecule has 0 saturated carbocycles. The number of carbonyl (C=O) groups excluding carboxylic acids is 2. The van der Waals surface area contributed by atoms with E-state index in [4.69, 9.17) is 30.2 Å². The number of fused-ring (bicyclic) bond motifs is 1. The van der Waals surface area contributed by atoms with Gasteiger partial charge in [0.1, 0.15) is 5.76 Å². The minimum Gasteiger partial charge on any atom is -0.503 e. The Hall–Kier alpha value is -4.02. The van der Waals surface area contributed by atoms with Crippen molar-refractivity contribution in [3.63, 3.8) is 0 Å². The van der Waals surface area contributed by atoms with Crippen molar-refractivity contribution in [2.24, 2.45) is 0 Å². The molecule has 1 aliphatic rings. The molecule has 1 amide bonds. The van der Waals surface area contributed by atoms with E-state index in [9.17, 15) is 14.7 Å². The van der Waals surface area contributed by atoms with Gasteiger partial charge in [-0.1, -0.05) is 22.9 Å². The lowest BCUT2D eigenvalue weighted by Crippen LogP contribution is -2.31. The summed E-state index contributed by atoms with van der Waals surface area (Å²) in [4.78, 5) is 33.0. The second kappa shape index (κ2) is 9.45. The SMILES string of the molecule is COc1cc(C2C(C(=O)c3ccc(C)o3)=C(O)C(=O)N2c2nc3ccc(Cl)cc3s2)cc(OC)c1OC. The van der Waals surface area contributed by atoms with Gasteiger partial charge in [0.15, 0.2) is 28.1 Å². The number of benzene rings is 2. The predicted octanol–water partition coefficient (Wildman–Crippen LogP) is 5.66.